The number of aromatic amines is 2. The van der Waals surface area contributed by atoms with Gasteiger partial charge in [-0.2, -0.15) is 0 Å². The van der Waals surface area contributed by atoms with E-state index >= 15 is 4.79 Å². The summed E-state index contributed by atoms with van der Waals surface area (Å²) in [5, 5.41) is 63.8. The van der Waals surface area contributed by atoms with E-state index in [1.807, 2.05) is 19.1 Å². The lowest BCUT2D eigenvalue weighted by Crippen LogP contribution is -2.61. The van der Waals surface area contributed by atoms with Crippen molar-refractivity contribution in [1.29, 1.82) is 5.41 Å². The lowest BCUT2D eigenvalue weighted by Gasteiger charge is -2.31. The lowest BCUT2D eigenvalue weighted by molar-refractivity contribution is -0.143. The number of likely N-dealkylation sites (N-methyl/N-ethyl adjacent to an activating group) is 1. The molecule has 2 saturated heterocycles. The average Bonchev–Trinajstić information content (AvgIpc) is 1.66. The number of rotatable bonds is 41. The molecule has 43 heteroatoms. The number of primary amides is 2. The van der Waals surface area contributed by atoms with E-state index in [9.17, 15) is 77.3 Å². The SMILES string of the molecule is CCCC[C@H](NC(=O)[C@H](CNC(=O)[C@H](Cc1c[nH]cn1)NC(=O)[C@H](CCC(N)=O)NC(=O)[C@H](CO)NC(=O)CNC(=O)COCCOCCNN)N(C)C)C(=O)N[C@H]1CCC(=O)NCCCC[C@@H](C(N)=O)NC(=O)[C@H](Cc2c[nH]c3ccccc23)NC(=O)[C@H](CCCNC(=N)N)NC(=O)[C@@H](Cc2ccccc2)NC(=O)[C@@H]2C[C@@H](O)CN2C1=O. The number of hydrazine groups is 1. The van der Waals surface area contributed by atoms with Gasteiger partial charge in [0.1, 0.15) is 73.1 Å². The number of fused-ring (bicyclic) bond motifs is 2. The van der Waals surface area contributed by atoms with Gasteiger partial charge in [-0.25, -0.2) is 4.98 Å². The molecule has 15 amide bonds. The molecule has 648 valence electrons. The molecule has 0 radical (unpaired) electrons. The Morgan fingerprint density at radius 3 is 2.06 bits per heavy atom. The quantitative estimate of drug-likeness (QED) is 0.00645. The van der Waals surface area contributed by atoms with Gasteiger partial charge in [-0.05, 0) is 82.7 Å². The largest absolute Gasteiger partial charge is 0.394 e. The second-order valence-corrected chi connectivity index (χ2v) is 28.7. The van der Waals surface area contributed by atoms with Crippen molar-refractivity contribution in [3.63, 3.8) is 0 Å². The molecule has 2 aromatic carbocycles. The number of H-pyrrole nitrogens is 2. The number of imidazole rings is 1. The number of aliphatic hydroxyl groups excluding tert-OH is 2. The zero-order valence-electron chi connectivity index (χ0n) is 66.4. The van der Waals surface area contributed by atoms with Crippen LogP contribution in [0.5, 0.6) is 0 Å². The van der Waals surface area contributed by atoms with Crippen LogP contribution < -0.4 is 97.6 Å². The number of hydrogen-bond acceptors (Lipinski definition) is 24. The summed E-state index contributed by atoms with van der Waals surface area (Å²) in [6, 6.07) is -0.776. The summed E-state index contributed by atoms with van der Waals surface area (Å²) in [5.74, 6) is -8.53. The number of hydrogen-bond donors (Lipinski definition) is 23. The second kappa shape index (κ2) is 50.0. The van der Waals surface area contributed by atoms with Crippen molar-refractivity contribution in [2.24, 2.45) is 23.0 Å². The Bertz CT molecular complexity index is 4020. The van der Waals surface area contributed by atoms with Crippen molar-refractivity contribution < 1.29 is 91.6 Å². The molecule has 2 fully saturated rings. The van der Waals surface area contributed by atoms with E-state index < -0.39 is 220 Å². The Balaban J connectivity index is 1.23. The van der Waals surface area contributed by atoms with Crippen LogP contribution in [-0.4, -0.2) is 288 Å². The van der Waals surface area contributed by atoms with Crippen LogP contribution in [0.3, 0.4) is 0 Å². The molecular formula is C75H114N24O19. The molecule has 2 aliphatic heterocycles. The number of ether oxygens (including phenoxy) is 2. The van der Waals surface area contributed by atoms with Crippen LogP contribution in [0.25, 0.3) is 10.9 Å². The van der Waals surface area contributed by atoms with Gasteiger partial charge in [0.15, 0.2) is 5.96 Å². The van der Waals surface area contributed by atoms with Gasteiger partial charge in [0.05, 0.1) is 51.1 Å². The van der Waals surface area contributed by atoms with E-state index in [2.05, 4.69) is 89.5 Å². The number of guanidine groups is 1. The normalized spacial score (nSPS) is 19.9. The zero-order valence-corrected chi connectivity index (χ0v) is 66.4. The maximum Gasteiger partial charge on any atom is 0.246 e. The Morgan fingerprint density at radius 2 is 1.36 bits per heavy atom. The number of nitrogens with two attached hydrogens (primary N) is 4. The van der Waals surface area contributed by atoms with E-state index in [-0.39, 0.29) is 102 Å². The summed E-state index contributed by atoms with van der Waals surface area (Å²) in [7, 11) is 2.98. The topological polar surface area (TPSA) is 662 Å². The maximum absolute atomic E-state index is 15.3. The number of nitrogens with one attached hydrogen (secondary N) is 17. The standard InChI is InChI=1S/C75H114N24O19/c1-4-5-17-50(93-73(115)59(98(2)3)37-86-65(107)56(33-45-36-81-42-87-45)96-68(110)52(21-23-60(76)102)92-71(113)57(40-100)89-62(104)38-85-63(105)41-118-30-29-117-28-27-88-80)66(108)94-53-22-24-61(103)82-25-12-11-19-49(64(77)106)90-70(112)55(32-44-35-84-48-18-10-9-16-47(44)48)95-67(109)51(20-13-26-83-75(78)79)91-69(111)54(31-43-14-7-6-8-15-43)97-72(114)58-34-46(101)39-99(58)74(53)116/h6-10,14-16,18,35-36,42,46,49-59,84,88,100-101H,4-5,11-13,17,19-34,37-41,80H2,1-3H3,(H2,76,102)(H2,77,106)(H,81,87)(H,82,103)(H,85,105)(H,86,107)(H,89,104)(H,90,112)(H,91,111)(H,92,113)(H,93,115)(H,94,108)(H,95,109)(H,96,110)(H,97,114)(H4,78,79,83)/t46-,49+,50+,51+,52+,53+,54-,55+,56+,57+,58+,59+/m1/s1. The van der Waals surface area contributed by atoms with E-state index in [4.69, 9.17) is 37.9 Å². The lowest BCUT2D eigenvalue weighted by atomic mass is 10.0. The third kappa shape index (κ3) is 32.4. The minimum absolute atomic E-state index is 0.00621. The summed E-state index contributed by atoms with van der Waals surface area (Å²) in [5.41, 5.74) is 21.4. The molecule has 0 unspecified atom stereocenters. The Morgan fingerprint density at radius 1 is 0.695 bits per heavy atom. The molecule has 4 aromatic rings. The fourth-order valence-corrected chi connectivity index (χ4v) is 12.9. The van der Waals surface area contributed by atoms with E-state index in [1.165, 1.54) is 31.5 Å². The summed E-state index contributed by atoms with van der Waals surface area (Å²) >= 11 is 0. The summed E-state index contributed by atoms with van der Waals surface area (Å²) in [6.07, 6.45) is 1.39. The van der Waals surface area contributed by atoms with Crippen molar-refractivity contribution >= 4 is 105 Å². The molecule has 0 saturated carbocycles. The fraction of sp³-hybridized carbons (Fsp3) is 0.560. The first kappa shape index (κ1) is 95.1. The van der Waals surface area contributed by atoms with Crippen molar-refractivity contribution in [1.82, 2.24) is 99.3 Å². The molecule has 2 aliphatic rings. The molecule has 0 bridgehead atoms. The predicted molar refractivity (Wildman–Crippen MR) is 425 cm³/mol. The number of carbonyl (C=O) groups excluding carboxylic acids is 15. The first-order valence-electron chi connectivity index (χ1n) is 39.1. The second-order valence-electron chi connectivity index (χ2n) is 28.7. The highest BCUT2D eigenvalue weighted by molar-refractivity contribution is 6.00. The van der Waals surface area contributed by atoms with Gasteiger partial charge in [-0.3, -0.25) is 93.5 Å². The van der Waals surface area contributed by atoms with Crippen molar-refractivity contribution in [2.45, 2.75) is 182 Å². The number of nitrogens with zero attached hydrogens (tertiary/aromatic N) is 3. The maximum atomic E-state index is 15.3. The number of benzene rings is 2. The minimum Gasteiger partial charge on any atom is -0.394 e. The molecule has 0 spiro atoms. The Labute approximate surface area is 680 Å². The molecule has 27 N–H and O–H groups in total. The Hall–Kier alpha value is -11.8. The van der Waals surface area contributed by atoms with E-state index in [1.54, 1.807) is 48.7 Å². The monoisotopic (exact) mass is 1650 g/mol. The predicted octanol–water partition coefficient (Wildman–Crippen LogP) is -7.82. The van der Waals surface area contributed by atoms with Gasteiger partial charge >= 0.3 is 0 Å². The smallest absolute Gasteiger partial charge is 0.246 e. The minimum atomic E-state index is -1.71. The first-order chi connectivity index (χ1) is 56.5. The molecule has 43 nitrogen and oxygen atoms in total. The number of aliphatic hydroxyl groups is 2. The number of carbonyl (C=O) groups is 15. The molecule has 12 atom stereocenters. The van der Waals surface area contributed by atoms with Crippen LogP contribution in [0.2, 0.25) is 0 Å². The number of amides is 15. The summed E-state index contributed by atoms with van der Waals surface area (Å²) in [4.78, 5) is 223. The van der Waals surface area contributed by atoms with Crippen LogP contribution in [-0.2, 0) is 101 Å². The molecule has 2 aromatic heterocycles. The molecule has 6 rings (SSSR count). The highest BCUT2D eigenvalue weighted by Gasteiger charge is 2.44. The molecular weight excluding hydrogens is 1540 g/mol. The Kier molecular flexibility index (Phi) is 40.3. The van der Waals surface area contributed by atoms with Crippen LogP contribution in [0, 0.1) is 5.41 Å². The average molecular weight is 1660 g/mol. The van der Waals surface area contributed by atoms with Gasteiger partial charge in [-0.15, -0.1) is 0 Å². The van der Waals surface area contributed by atoms with Crippen molar-refractivity contribution in [3.05, 3.63) is 90.1 Å². The molecule has 0 aliphatic carbocycles. The van der Waals surface area contributed by atoms with Gasteiger partial charge < -0.3 is 121 Å². The first-order valence-corrected chi connectivity index (χ1v) is 39.1. The van der Waals surface area contributed by atoms with Gasteiger partial charge in [-0.1, -0.05) is 68.3 Å². The van der Waals surface area contributed by atoms with Crippen LogP contribution in [0.4, 0.5) is 0 Å². The van der Waals surface area contributed by atoms with Crippen LogP contribution >= 0.6 is 0 Å². The van der Waals surface area contributed by atoms with Gasteiger partial charge in [0, 0.05) is 94.5 Å². The summed E-state index contributed by atoms with van der Waals surface area (Å²) in [6.45, 7) is -0.340. The highest BCUT2D eigenvalue weighted by atomic mass is 16.5. The third-order valence-corrected chi connectivity index (χ3v) is 19.4. The fourth-order valence-electron chi connectivity index (χ4n) is 12.9. The van der Waals surface area contributed by atoms with E-state index in [0.29, 0.717) is 37.1 Å². The molecule has 118 heavy (non-hydrogen) atoms. The third-order valence-electron chi connectivity index (χ3n) is 19.4. The van der Waals surface area contributed by atoms with Crippen LogP contribution in [0.15, 0.2) is 73.3 Å². The number of aromatic nitrogens is 3. The molecule has 4 heterocycles. The zero-order chi connectivity index (χ0) is 86.2. The van der Waals surface area contributed by atoms with Crippen molar-refractivity contribution in [2.75, 3.05) is 86.4 Å². The highest BCUT2D eigenvalue weighted by Crippen LogP contribution is 2.23. The number of para-hydroxylation sites is 1. The summed E-state index contributed by atoms with van der Waals surface area (Å²) < 4.78 is 10.4. The van der Waals surface area contributed by atoms with Crippen molar-refractivity contribution in [3.8, 4) is 0 Å². The number of unbranched alkanes of at least 4 members (excludes halogenated alkanes) is 1. The van der Waals surface area contributed by atoms with Gasteiger partial charge in [0.25, 0.3) is 0 Å². The van der Waals surface area contributed by atoms with Crippen LogP contribution in [0.1, 0.15) is 107 Å². The van der Waals surface area contributed by atoms with E-state index in [0.717, 1.165) is 15.8 Å². The van der Waals surface area contributed by atoms with Gasteiger partial charge in [0.2, 0.25) is 88.6 Å².